The number of benzene rings is 2. The third-order valence-electron chi connectivity index (χ3n) is 7.21. The van der Waals surface area contributed by atoms with Crippen molar-refractivity contribution in [1.82, 2.24) is 4.31 Å². The SMILES string of the molecule is C=C1C(=O)[C@H]2C[C@H]3N(C(=O)OC)c4ccccc4[C@@]13CCN2S(=O)(=O)c1ccc([N+](=O)[O-])cc1. The Morgan fingerprint density at radius 2 is 1.88 bits per heavy atom. The third kappa shape index (κ3) is 2.80. The van der Waals surface area contributed by atoms with Crippen LogP contribution in [0.25, 0.3) is 0 Å². The van der Waals surface area contributed by atoms with Crippen molar-refractivity contribution in [3.8, 4) is 0 Å². The smallest absolute Gasteiger partial charge is 0.414 e. The average Bonchev–Trinajstić information content (AvgIpc) is 2.92. The summed E-state index contributed by atoms with van der Waals surface area (Å²) < 4.78 is 33.3. The first-order valence-corrected chi connectivity index (χ1v) is 12.0. The summed E-state index contributed by atoms with van der Waals surface area (Å²) >= 11 is 0. The fourth-order valence-corrected chi connectivity index (χ4v) is 7.27. The minimum atomic E-state index is -4.16. The molecule has 3 aliphatic heterocycles. The van der Waals surface area contributed by atoms with Crippen LogP contribution < -0.4 is 4.90 Å². The van der Waals surface area contributed by atoms with Crippen molar-refractivity contribution in [2.24, 2.45) is 0 Å². The van der Waals surface area contributed by atoms with Gasteiger partial charge in [0.25, 0.3) is 5.69 Å². The molecule has 0 unspecified atom stereocenters. The molecule has 1 aliphatic carbocycles. The Labute approximate surface area is 195 Å². The fraction of sp³-hybridized carbons (Fsp3) is 0.304. The molecule has 2 aromatic carbocycles. The zero-order valence-corrected chi connectivity index (χ0v) is 19.0. The second-order valence-corrected chi connectivity index (χ2v) is 10.4. The minimum absolute atomic E-state index is 0.0224. The number of hydrogen-bond donors (Lipinski definition) is 0. The number of nitrogens with zero attached hydrogens (tertiary/aromatic N) is 3. The number of sulfonamides is 1. The number of Topliss-reactive ketones (excluding diaryl/α,β-unsaturated/α-hetero) is 1. The van der Waals surface area contributed by atoms with Gasteiger partial charge in [0.15, 0.2) is 5.78 Å². The third-order valence-corrected chi connectivity index (χ3v) is 9.13. The molecule has 3 heterocycles. The van der Waals surface area contributed by atoms with Gasteiger partial charge in [-0.25, -0.2) is 13.2 Å². The van der Waals surface area contributed by atoms with Crippen LogP contribution >= 0.6 is 0 Å². The molecule has 6 rings (SSSR count). The summed E-state index contributed by atoms with van der Waals surface area (Å²) in [5.74, 6) is -0.388. The topological polar surface area (TPSA) is 127 Å². The number of nitro benzene ring substituents is 1. The summed E-state index contributed by atoms with van der Waals surface area (Å²) in [7, 11) is -2.89. The van der Waals surface area contributed by atoms with E-state index in [0.29, 0.717) is 5.69 Å². The highest BCUT2D eigenvalue weighted by molar-refractivity contribution is 7.89. The number of rotatable bonds is 3. The van der Waals surface area contributed by atoms with Gasteiger partial charge in [0.05, 0.1) is 34.7 Å². The van der Waals surface area contributed by atoms with Crippen LogP contribution in [0.1, 0.15) is 18.4 Å². The summed E-state index contributed by atoms with van der Waals surface area (Å²) in [4.78, 5) is 38.0. The molecule has 2 saturated heterocycles. The van der Waals surface area contributed by atoms with E-state index >= 15 is 0 Å². The van der Waals surface area contributed by atoms with E-state index in [1.807, 2.05) is 12.1 Å². The van der Waals surface area contributed by atoms with Crippen molar-refractivity contribution in [2.75, 3.05) is 18.6 Å². The Morgan fingerprint density at radius 3 is 2.53 bits per heavy atom. The molecule has 4 aliphatic rings. The van der Waals surface area contributed by atoms with Crippen LogP contribution in [0.2, 0.25) is 0 Å². The second kappa shape index (κ2) is 7.47. The Morgan fingerprint density at radius 1 is 1.21 bits per heavy atom. The van der Waals surface area contributed by atoms with Gasteiger partial charge >= 0.3 is 6.09 Å². The van der Waals surface area contributed by atoms with E-state index in [9.17, 15) is 28.1 Å². The largest absolute Gasteiger partial charge is 0.452 e. The van der Waals surface area contributed by atoms with Gasteiger partial charge in [-0.15, -0.1) is 0 Å². The molecule has 1 saturated carbocycles. The lowest BCUT2D eigenvalue weighted by molar-refractivity contribution is -0.384. The number of nitro groups is 1. The summed E-state index contributed by atoms with van der Waals surface area (Å²) in [5, 5.41) is 11.0. The normalized spacial score (nSPS) is 26.1. The minimum Gasteiger partial charge on any atom is -0.452 e. The predicted molar refractivity (Wildman–Crippen MR) is 121 cm³/mol. The first kappa shape index (κ1) is 22.2. The highest BCUT2D eigenvalue weighted by Gasteiger charge is 2.63. The molecule has 2 aromatic rings. The van der Waals surface area contributed by atoms with E-state index < -0.39 is 38.5 Å². The number of amides is 1. The predicted octanol–water partition coefficient (Wildman–Crippen LogP) is 2.78. The van der Waals surface area contributed by atoms with Crippen molar-refractivity contribution >= 4 is 33.3 Å². The molecular formula is C23H21N3O7S. The van der Waals surface area contributed by atoms with Gasteiger partial charge in [-0.2, -0.15) is 4.31 Å². The molecule has 1 spiro atoms. The maximum absolute atomic E-state index is 13.6. The van der Waals surface area contributed by atoms with E-state index in [1.165, 1.54) is 24.1 Å². The van der Waals surface area contributed by atoms with E-state index in [-0.39, 0.29) is 41.3 Å². The highest BCUT2D eigenvalue weighted by Crippen LogP contribution is 2.57. The molecular weight excluding hydrogens is 462 g/mol. The molecule has 176 valence electrons. The van der Waals surface area contributed by atoms with E-state index in [0.717, 1.165) is 22.0 Å². The van der Waals surface area contributed by atoms with Crippen molar-refractivity contribution in [2.45, 2.75) is 35.2 Å². The lowest BCUT2D eigenvalue weighted by Crippen LogP contribution is -2.57. The van der Waals surface area contributed by atoms with E-state index in [1.54, 1.807) is 12.1 Å². The van der Waals surface area contributed by atoms with E-state index in [4.69, 9.17) is 4.74 Å². The standard InChI is InChI=1S/C23H21N3O7S/c1-14-21(27)19-13-20-23(14,17-5-3-4-6-18(17)25(20)22(28)33-2)11-12-24(19)34(31,32)16-9-7-15(8-10-16)26(29)30/h3-10,19-20H,1,11-13H2,2H3/t19-,20-,23-/m1/s1. The first-order chi connectivity index (χ1) is 16.1. The molecule has 3 atom stereocenters. The number of anilines is 1. The van der Waals surface area contributed by atoms with Crippen LogP contribution in [0.5, 0.6) is 0 Å². The lowest BCUT2D eigenvalue weighted by Gasteiger charge is -2.42. The Balaban J connectivity index is 1.62. The van der Waals surface area contributed by atoms with Crippen molar-refractivity contribution in [3.63, 3.8) is 0 Å². The summed E-state index contributed by atoms with van der Waals surface area (Å²) in [6, 6.07) is 10.2. The van der Waals surface area contributed by atoms with E-state index in [2.05, 4.69) is 6.58 Å². The number of non-ortho nitro benzene ring substituents is 1. The van der Waals surface area contributed by atoms with Crippen LogP contribution in [-0.4, -0.2) is 55.3 Å². The Hall–Kier alpha value is -3.57. The number of methoxy groups -OCH3 is 1. The molecule has 0 aromatic heterocycles. The maximum atomic E-state index is 13.6. The molecule has 1 amide bonds. The van der Waals surface area contributed by atoms with Gasteiger partial charge in [-0.3, -0.25) is 19.8 Å². The summed E-state index contributed by atoms with van der Waals surface area (Å²) in [5.41, 5.74) is 0.475. The number of carbonyl (C=O) groups is 2. The zero-order valence-electron chi connectivity index (χ0n) is 18.2. The monoisotopic (exact) mass is 483 g/mol. The Kier molecular flexibility index (Phi) is 4.88. The zero-order chi connectivity index (χ0) is 24.4. The van der Waals surface area contributed by atoms with Crippen LogP contribution in [0.3, 0.4) is 0 Å². The summed E-state index contributed by atoms with van der Waals surface area (Å²) in [6.07, 6.45) is -0.268. The maximum Gasteiger partial charge on any atom is 0.414 e. The fourth-order valence-electron chi connectivity index (χ4n) is 5.67. The number of hydrogen-bond acceptors (Lipinski definition) is 7. The van der Waals surface area contributed by atoms with Gasteiger partial charge in [-0.1, -0.05) is 24.8 Å². The Bertz CT molecular complexity index is 1350. The van der Waals surface area contributed by atoms with Crippen molar-refractivity contribution < 1.29 is 27.7 Å². The first-order valence-electron chi connectivity index (χ1n) is 10.6. The molecule has 10 nitrogen and oxygen atoms in total. The molecule has 0 radical (unpaired) electrons. The van der Waals surface area contributed by atoms with Gasteiger partial charge in [0.2, 0.25) is 10.0 Å². The van der Waals surface area contributed by atoms with Gasteiger partial charge in [0.1, 0.15) is 0 Å². The molecule has 0 N–H and O–H groups in total. The van der Waals surface area contributed by atoms with Crippen molar-refractivity contribution in [3.05, 3.63) is 76.4 Å². The number of carbonyl (C=O) groups excluding carboxylic acids is 2. The number of para-hydroxylation sites is 1. The van der Waals surface area contributed by atoms with Gasteiger partial charge in [0, 0.05) is 29.7 Å². The average molecular weight is 484 g/mol. The van der Waals surface area contributed by atoms with Crippen LogP contribution in [0.4, 0.5) is 16.2 Å². The van der Waals surface area contributed by atoms with Gasteiger partial charge < -0.3 is 4.74 Å². The quantitative estimate of drug-likeness (QED) is 0.373. The number of fused-ring (bicyclic) bond motifs is 4. The van der Waals surface area contributed by atoms with Crippen LogP contribution in [0.15, 0.2) is 65.6 Å². The lowest BCUT2D eigenvalue weighted by atomic mass is 9.63. The second-order valence-electron chi connectivity index (χ2n) is 8.56. The summed E-state index contributed by atoms with van der Waals surface area (Å²) in [6.45, 7) is 4.11. The van der Waals surface area contributed by atoms with Crippen LogP contribution in [0, 0.1) is 10.1 Å². The molecule has 34 heavy (non-hydrogen) atoms. The highest BCUT2D eigenvalue weighted by atomic mass is 32.2. The molecule has 3 fully saturated rings. The molecule has 11 heteroatoms. The molecule has 2 bridgehead atoms. The van der Waals surface area contributed by atoms with Gasteiger partial charge in [-0.05, 0) is 36.6 Å². The van der Waals surface area contributed by atoms with Crippen LogP contribution in [-0.2, 0) is 25.0 Å². The number of ketones is 1. The van der Waals surface area contributed by atoms with Crippen molar-refractivity contribution in [1.29, 1.82) is 0 Å². The number of ether oxygens (including phenoxy) is 1.